The van der Waals surface area contributed by atoms with Crippen LogP contribution in [-0.2, 0) is 24.4 Å². The monoisotopic (exact) mass is 460 g/mol. The van der Waals surface area contributed by atoms with E-state index in [4.69, 9.17) is 4.74 Å². The van der Waals surface area contributed by atoms with Gasteiger partial charge in [0.25, 0.3) is 0 Å². The number of fused-ring (bicyclic) bond motifs is 1. The number of rotatable bonds is 8. The summed E-state index contributed by atoms with van der Waals surface area (Å²) in [5, 5.41) is 5.14. The van der Waals surface area contributed by atoms with Gasteiger partial charge in [-0.25, -0.2) is 9.78 Å². The normalized spacial score (nSPS) is 15.7. The van der Waals surface area contributed by atoms with Crippen LogP contribution in [0.4, 0.5) is 4.79 Å². The Morgan fingerprint density at radius 2 is 1.97 bits per heavy atom. The molecule has 1 saturated heterocycles. The number of amides is 2. The van der Waals surface area contributed by atoms with Gasteiger partial charge in [-0.05, 0) is 47.5 Å². The van der Waals surface area contributed by atoms with Crippen molar-refractivity contribution >= 4 is 28.4 Å². The van der Waals surface area contributed by atoms with Gasteiger partial charge in [0.2, 0.25) is 0 Å². The fraction of sp³-hybridized carbons (Fsp3) is 0.308. The summed E-state index contributed by atoms with van der Waals surface area (Å²) in [5.41, 5.74) is 4.42. The van der Waals surface area contributed by atoms with E-state index in [1.165, 1.54) is 10.4 Å². The molecule has 2 aromatic carbocycles. The maximum Gasteiger partial charge on any atom is 0.318 e. The number of para-hydroxylation sites is 2. The van der Waals surface area contributed by atoms with Gasteiger partial charge in [-0.15, -0.1) is 11.3 Å². The Labute approximate surface area is 197 Å². The van der Waals surface area contributed by atoms with Gasteiger partial charge in [-0.3, -0.25) is 0 Å². The fourth-order valence-corrected chi connectivity index (χ4v) is 4.95. The number of ether oxygens (including phenoxy) is 1. The first kappa shape index (κ1) is 21.7. The van der Waals surface area contributed by atoms with E-state index in [0.717, 1.165) is 42.6 Å². The number of nitrogens with zero attached hydrogens (tertiary/aromatic N) is 3. The van der Waals surface area contributed by atoms with Crippen molar-refractivity contribution in [1.29, 1.82) is 0 Å². The van der Waals surface area contributed by atoms with E-state index in [0.29, 0.717) is 19.6 Å². The lowest BCUT2D eigenvalue weighted by atomic mass is 10.1. The molecular formula is C26H28N4O2S. The van der Waals surface area contributed by atoms with Gasteiger partial charge in [0, 0.05) is 31.1 Å². The highest BCUT2D eigenvalue weighted by atomic mass is 32.1. The van der Waals surface area contributed by atoms with Crippen molar-refractivity contribution in [3.63, 3.8) is 0 Å². The molecule has 6 nitrogen and oxygen atoms in total. The minimum absolute atomic E-state index is 0.0483. The molecule has 1 fully saturated rings. The quantitative estimate of drug-likeness (QED) is 0.401. The lowest BCUT2D eigenvalue weighted by molar-refractivity contribution is 0.0796. The molecule has 0 aliphatic carbocycles. The molecular weight excluding hydrogens is 432 g/mol. The third-order valence-corrected chi connectivity index (χ3v) is 6.87. The summed E-state index contributed by atoms with van der Waals surface area (Å²) in [5.74, 6) is 0. The van der Waals surface area contributed by atoms with Crippen molar-refractivity contribution in [3.8, 4) is 0 Å². The number of urea groups is 1. The first-order valence-electron chi connectivity index (χ1n) is 11.4. The number of hydrogen-bond acceptors (Lipinski definition) is 4. The van der Waals surface area contributed by atoms with E-state index in [2.05, 4.69) is 51.3 Å². The maximum atomic E-state index is 13.0. The number of benzene rings is 2. The highest BCUT2D eigenvalue weighted by molar-refractivity contribution is 7.09. The lowest BCUT2D eigenvalue weighted by Crippen LogP contribution is -2.42. The second-order valence-electron chi connectivity index (χ2n) is 8.43. The van der Waals surface area contributed by atoms with Crippen LogP contribution >= 0.6 is 11.3 Å². The van der Waals surface area contributed by atoms with Crippen LogP contribution in [0, 0.1) is 0 Å². The van der Waals surface area contributed by atoms with Crippen LogP contribution in [0.3, 0.4) is 0 Å². The summed E-state index contributed by atoms with van der Waals surface area (Å²) in [4.78, 5) is 20.5. The number of nitrogens with one attached hydrogen (secondary N) is 1. The first-order chi connectivity index (χ1) is 16.2. The number of imidazole rings is 1. The highest BCUT2D eigenvalue weighted by Crippen LogP contribution is 2.18. The van der Waals surface area contributed by atoms with Crippen molar-refractivity contribution in [1.82, 2.24) is 19.8 Å². The first-order valence-corrected chi connectivity index (χ1v) is 12.3. The topological polar surface area (TPSA) is 59.4 Å². The SMILES string of the molecule is O=C(NCc1ccc(Cn2cnc3ccccc32)cc1)N(Cc1cccs1)CC1CCCO1. The molecule has 1 aliphatic rings. The van der Waals surface area contributed by atoms with Crippen LogP contribution in [0.15, 0.2) is 72.4 Å². The molecule has 33 heavy (non-hydrogen) atoms. The maximum absolute atomic E-state index is 13.0. The summed E-state index contributed by atoms with van der Waals surface area (Å²) >= 11 is 1.68. The van der Waals surface area contributed by atoms with E-state index in [-0.39, 0.29) is 12.1 Å². The zero-order valence-electron chi connectivity index (χ0n) is 18.5. The molecule has 5 rings (SSSR count). The average molecular weight is 461 g/mol. The van der Waals surface area contributed by atoms with E-state index in [1.54, 1.807) is 11.3 Å². The average Bonchev–Trinajstić information content (AvgIpc) is 3.61. The molecule has 4 aromatic rings. The van der Waals surface area contributed by atoms with Crippen molar-refractivity contribution in [2.75, 3.05) is 13.2 Å². The third-order valence-electron chi connectivity index (χ3n) is 6.01. The van der Waals surface area contributed by atoms with Gasteiger partial charge < -0.3 is 19.5 Å². The van der Waals surface area contributed by atoms with E-state index in [1.807, 2.05) is 40.9 Å². The third kappa shape index (κ3) is 5.43. The van der Waals surface area contributed by atoms with Gasteiger partial charge in [0.05, 0.1) is 30.0 Å². The summed E-state index contributed by atoms with van der Waals surface area (Å²) in [6, 6.07) is 20.6. The smallest absolute Gasteiger partial charge is 0.318 e. The minimum atomic E-state index is -0.0483. The molecule has 1 aliphatic heterocycles. The number of carbonyl (C=O) groups is 1. The van der Waals surface area contributed by atoms with Crippen LogP contribution in [0.5, 0.6) is 0 Å². The van der Waals surface area contributed by atoms with Crippen molar-refractivity contribution in [2.24, 2.45) is 0 Å². The van der Waals surface area contributed by atoms with Crippen LogP contribution in [-0.4, -0.2) is 39.7 Å². The Morgan fingerprint density at radius 1 is 1.12 bits per heavy atom. The Hall–Kier alpha value is -3.16. The van der Waals surface area contributed by atoms with Crippen LogP contribution in [0.1, 0.15) is 28.8 Å². The molecule has 170 valence electrons. The fourth-order valence-electron chi connectivity index (χ4n) is 4.23. The van der Waals surface area contributed by atoms with Crippen LogP contribution < -0.4 is 5.32 Å². The lowest BCUT2D eigenvalue weighted by Gasteiger charge is -2.25. The van der Waals surface area contributed by atoms with Crippen molar-refractivity contribution in [2.45, 2.75) is 38.6 Å². The zero-order chi connectivity index (χ0) is 22.5. The molecule has 0 spiro atoms. The van der Waals surface area contributed by atoms with Gasteiger partial charge in [0.1, 0.15) is 0 Å². The summed E-state index contributed by atoms with van der Waals surface area (Å²) in [6.45, 7) is 3.30. The molecule has 2 aromatic heterocycles. The predicted molar refractivity (Wildman–Crippen MR) is 131 cm³/mol. The summed E-state index contributed by atoms with van der Waals surface area (Å²) in [6.07, 6.45) is 4.10. The number of hydrogen-bond donors (Lipinski definition) is 1. The van der Waals surface area contributed by atoms with Crippen LogP contribution in [0.2, 0.25) is 0 Å². The van der Waals surface area contributed by atoms with Crippen molar-refractivity contribution < 1.29 is 9.53 Å². The second kappa shape index (κ2) is 10.2. The standard InChI is InChI=1S/C26H28N4O2S/c31-26(29(17-22-5-3-13-32-22)18-23-6-4-14-33-23)27-15-20-9-11-21(12-10-20)16-30-19-28-24-7-1-2-8-25(24)30/h1-2,4,6-12,14,19,22H,3,5,13,15-18H2,(H,27,31). The molecule has 0 saturated carbocycles. The van der Waals surface area contributed by atoms with Gasteiger partial charge in [-0.1, -0.05) is 42.5 Å². The second-order valence-corrected chi connectivity index (χ2v) is 9.46. The van der Waals surface area contributed by atoms with E-state index < -0.39 is 0 Å². The number of thiophene rings is 1. The molecule has 2 amide bonds. The molecule has 1 N–H and O–H groups in total. The van der Waals surface area contributed by atoms with Crippen LogP contribution in [0.25, 0.3) is 11.0 Å². The Balaban J connectivity index is 1.19. The minimum Gasteiger partial charge on any atom is -0.376 e. The number of carbonyl (C=O) groups excluding carboxylic acids is 1. The Morgan fingerprint density at radius 3 is 2.76 bits per heavy atom. The van der Waals surface area contributed by atoms with E-state index >= 15 is 0 Å². The van der Waals surface area contributed by atoms with Gasteiger partial charge in [-0.2, -0.15) is 0 Å². The molecule has 0 radical (unpaired) electrons. The van der Waals surface area contributed by atoms with Gasteiger partial charge in [0.15, 0.2) is 0 Å². The highest BCUT2D eigenvalue weighted by Gasteiger charge is 2.23. The zero-order valence-corrected chi connectivity index (χ0v) is 19.3. The Bertz CT molecular complexity index is 1180. The van der Waals surface area contributed by atoms with Gasteiger partial charge >= 0.3 is 6.03 Å². The summed E-state index contributed by atoms with van der Waals surface area (Å²) in [7, 11) is 0. The molecule has 1 atom stereocenters. The predicted octanol–water partition coefficient (Wildman–Crippen LogP) is 5.04. The van der Waals surface area contributed by atoms with E-state index in [9.17, 15) is 4.79 Å². The molecule has 7 heteroatoms. The van der Waals surface area contributed by atoms with Crippen molar-refractivity contribution in [3.05, 3.63) is 88.4 Å². The molecule has 0 bridgehead atoms. The molecule has 1 unspecified atom stereocenters. The largest absolute Gasteiger partial charge is 0.376 e. The Kier molecular flexibility index (Phi) is 6.69. The number of aromatic nitrogens is 2. The summed E-state index contributed by atoms with van der Waals surface area (Å²) < 4.78 is 7.93. The molecule has 3 heterocycles.